The fourth-order valence-electron chi connectivity index (χ4n) is 3.44. The molecule has 4 rings (SSSR count). The first-order chi connectivity index (χ1) is 15.4. The molecule has 1 aromatic heterocycles. The summed E-state index contributed by atoms with van der Waals surface area (Å²) in [5, 5.41) is 3.93. The van der Waals surface area contributed by atoms with Crippen LogP contribution in [0.4, 0.5) is 8.78 Å². The number of aryl methyl sites for hydroxylation is 1. The summed E-state index contributed by atoms with van der Waals surface area (Å²) in [4.78, 5) is 32.7. The molecule has 0 radical (unpaired) electrons. The van der Waals surface area contributed by atoms with E-state index in [-0.39, 0.29) is 41.1 Å². The SMILES string of the molecule is O=C(CCc1nc(-c2ccc(F)cc2)no1)N1CCN(C(=O)c2ccc(F)cc2Cl)CC1. The zero-order valence-electron chi connectivity index (χ0n) is 16.9. The monoisotopic (exact) mass is 460 g/mol. The molecule has 0 N–H and O–H groups in total. The lowest BCUT2D eigenvalue weighted by atomic mass is 10.1. The van der Waals surface area contributed by atoms with Crippen LogP contribution in [0.15, 0.2) is 47.0 Å². The zero-order valence-corrected chi connectivity index (χ0v) is 17.7. The molecule has 0 bridgehead atoms. The number of carbonyl (C=O) groups is 2. The van der Waals surface area contributed by atoms with E-state index in [2.05, 4.69) is 10.1 Å². The van der Waals surface area contributed by atoms with E-state index in [1.165, 1.54) is 24.3 Å². The molecule has 2 aromatic carbocycles. The van der Waals surface area contributed by atoms with Crippen molar-refractivity contribution in [1.29, 1.82) is 0 Å². The van der Waals surface area contributed by atoms with Crippen LogP contribution in [-0.4, -0.2) is 57.9 Å². The number of carbonyl (C=O) groups excluding carboxylic acids is 2. The van der Waals surface area contributed by atoms with Crippen molar-refractivity contribution in [2.75, 3.05) is 26.2 Å². The van der Waals surface area contributed by atoms with E-state index in [0.29, 0.717) is 43.5 Å². The van der Waals surface area contributed by atoms with Gasteiger partial charge in [0.15, 0.2) is 0 Å². The second kappa shape index (κ2) is 9.44. The Kier molecular flexibility index (Phi) is 6.45. The normalized spacial score (nSPS) is 14.0. The molecular formula is C22H19ClF2N4O3. The minimum atomic E-state index is -0.506. The molecule has 0 aliphatic carbocycles. The largest absolute Gasteiger partial charge is 0.339 e. The van der Waals surface area contributed by atoms with Gasteiger partial charge in [0.1, 0.15) is 11.6 Å². The molecule has 2 amide bonds. The second-order valence-corrected chi connectivity index (χ2v) is 7.72. The third-order valence-electron chi connectivity index (χ3n) is 5.20. The standard InChI is InChI=1S/C22H19ClF2N4O3/c23-18-13-16(25)5-6-17(18)22(31)29-11-9-28(10-12-29)20(30)8-7-19-26-21(27-32-19)14-1-3-15(24)4-2-14/h1-6,13H,7-12H2. The molecule has 3 aromatic rings. The summed E-state index contributed by atoms with van der Waals surface area (Å²) >= 11 is 5.98. The maximum Gasteiger partial charge on any atom is 0.255 e. The van der Waals surface area contributed by atoms with Gasteiger partial charge in [0.05, 0.1) is 10.6 Å². The van der Waals surface area contributed by atoms with E-state index < -0.39 is 5.82 Å². The summed E-state index contributed by atoms with van der Waals surface area (Å²) in [6.45, 7) is 1.48. The summed E-state index contributed by atoms with van der Waals surface area (Å²) in [7, 11) is 0. The van der Waals surface area contributed by atoms with Gasteiger partial charge >= 0.3 is 0 Å². The van der Waals surface area contributed by atoms with Crippen molar-refractivity contribution >= 4 is 23.4 Å². The minimum Gasteiger partial charge on any atom is -0.339 e. The highest BCUT2D eigenvalue weighted by Crippen LogP contribution is 2.20. The molecule has 7 nitrogen and oxygen atoms in total. The van der Waals surface area contributed by atoms with Crippen molar-refractivity contribution < 1.29 is 22.9 Å². The first kappa shape index (κ1) is 21.9. The van der Waals surface area contributed by atoms with Crippen molar-refractivity contribution in [1.82, 2.24) is 19.9 Å². The van der Waals surface area contributed by atoms with E-state index in [0.717, 1.165) is 6.07 Å². The van der Waals surface area contributed by atoms with Gasteiger partial charge in [-0.2, -0.15) is 4.98 Å². The fraction of sp³-hybridized carbons (Fsp3) is 0.273. The Morgan fingerprint density at radius 3 is 2.31 bits per heavy atom. The van der Waals surface area contributed by atoms with Gasteiger partial charge in [0, 0.05) is 44.6 Å². The number of hydrogen-bond acceptors (Lipinski definition) is 5. The summed E-state index contributed by atoms with van der Waals surface area (Å²) in [6, 6.07) is 9.38. The van der Waals surface area contributed by atoms with Crippen molar-refractivity contribution in [2.45, 2.75) is 12.8 Å². The van der Waals surface area contributed by atoms with Crippen molar-refractivity contribution in [2.24, 2.45) is 0 Å². The third kappa shape index (κ3) is 4.94. The molecular weight excluding hydrogens is 442 g/mol. The quantitative estimate of drug-likeness (QED) is 0.581. The number of halogens is 3. The predicted octanol–water partition coefficient (Wildman–Crippen LogP) is 3.59. The lowest BCUT2D eigenvalue weighted by Gasteiger charge is -2.35. The number of benzene rings is 2. The number of rotatable bonds is 5. The molecule has 1 saturated heterocycles. The van der Waals surface area contributed by atoms with Gasteiger partial charge in [-0.3, -0.25) is 9.59 Å². The molecule has 0 spiro atoms. The van der Waals surface area contributed by atoms with Crippen LogP contribution < -0.4 is 0 Å². The van der Waals surface area contributed by atoms with Crippen LogP contribution in [-0.2, 0) is 11.2 Å². The fourth-order valence-corrected chi connectivity index (χ4v) is 3.68. The number of hydrogen-bond donors (Lipinski definition) is 0. The van der Waals surface area contributed by atoms with E-state index in [1.54, 1.807) is 21.9 Å². The van der Waals surface area contributed by atoms with E-state index in [9.17, 15) is 18.4 Å². The van der Waals surface area contributed by atoms with Crippen LogP contribution in [0.1, 0.15) is 22.7 Å². The topological polar surface area (TPSA) is 79.5 Å². The number of aromatic nitrogens is 2. The third-order valence-corrected chi connectivity index (χ3v) is 5.52. The average Bonchev–Trinajstić information content (AvgIpc) is 3.27. The molecule has 1 fully saturated rings. The maximum absolute atomic E-state index is 13.2. The first-order valence-corrected chi connectivity index (χ1v) is 10.4. The van der Waals surface area contributed by atoms with Crippen LogP contribution in [0, 0.1) is 11.6 Å². The van der Waals surface area contributed by atoms with Gasteiger partial charge in [-0.05, 0) is 42.5 Å². The molecule has 2 heterocycles. The maximum atomic E-state index is 13.2. The lowest BCUT2D eigenvalue weighted by molar-refractivity contribution is -0.132. The Labute approximate surface area is 187 Å². The van der Waals surface area contributed by atoms with Crippen molar-refractivity contribution in [3.63, 3.8) is 0 Å². The van der Waals surface area contributed by atoms with E-state index >= 15 is 0 Å². The summed E-state index contributed by atoms with van der Waals surface area (Å²) in [5.74, 6) is -0.588. The van der Waals surface area contributed by atoms with Crippen molar-refractivity contribution in [3.8, 4) is 11.4 Å². The van der Waals surface area contributed by atoms with Crippen LogP contribution in [0.3, 0.4) is 0 Å². The number of nitrogens with zero attached hydrogens (tertiary/aromatic N) is 4. The minimum absolute atomic E-state index is 0.0630. The lowest BCUT2D eigenvalue weighted by Crippen LogP contribution is -2.50. The molecule has 10 heteroatoms. The summed E-state index contributed by atoms with van der Waals surface area (Å²) < 4.78 is 31.4. The van der Waals surface area contributed by atoms with Crippen LogP contribution in [0.2, 0.25) is 5.02 Å². The number of piperazine rings is 1. The predicted molar refractivity (Wildman–Crippen MR) is 112 cm³/mol. The van der Waals surface area contributed by atoms with Gasteiger partial charge in [-0.25, -0.2) is 8.78 Å². The molecule has 0 unspecified atom stereocenters. The van der Waals surface area contributed by atoms with Gasteiger partial charge in [0.2, 0.25) is 17.6 Å². The van der Waals surface area contributed by atoms with Crippen LogP contribution in [0.5, 0.6) is 0 Å². The van der Waals surface area contributed by atoms with Crippen molar-refractivity contribution in [3.05, 3.63) is 70.6 Å². The highest BCUT2D eigenvalue weighted by Gasteiger charge is 2.26. The summed E-state index contributed by atoms with van der Waals surface area (Å²) in [6.07, 6.45) is 0.458. The Hall–Kier alpha value is -3.33. The zero-order chi connectivity index (χ0) is 22.7. The van der Waals surface area contributed by atoms with Crippen LogP contribution >= 0.6 is 11.6 Å². The second-order valence-electron chi connectivity index (χ2n) is 7.32. The Balaban J connectivity index is 1.28. The average molecular weight is 461 g/mol. The highest BCUT2D eigenvalue weighted by atomic mass is 35.5. The summed E-state index contributed by atoms with van der Waals surface area (Å²) in [5.41, 5.74) is 0.857. The van der Waals surface area contributed by atoms with Gasteiger partial charge in [-0.15, -0.1) is 0 Å². The number of amides is 2. The van der Waals surface area contributed by atoms with Crippen LogP contribution in [0.25, 0.3) is 11.4 Å². The Morgan fingerprint density at radius 1 is 0.969 bits per heavy atom. The Bertz CT molecular complexity index is 1130. The molecule has 32 heavy (non-hydrogen) atoms. The van der Waals surface area contributed by atoms with E-state index in [1.807, 2.05) is 0 Å². The van der Waals surface area contributed by atoms with Gasteiger partial charge in [-0.1, -0.05) is 16.8 Å². The van der Waals surface area contributed by atoms with Gasteiger partial charge in [0.25, 0.3) is 5.91 Å². The van der Waals surface area contributed by atoms with E-state index in [4.69, 9.17) is 16.1 Å². The molecule has 0 atom stereocenters. The smallest absolute Gasteiger partial charge is 0.255 e. The Morgan fingerprint density at radius 2 is 1.62 bits per heavy atom. The van der Waals surface area contributed by atoms with Gasteiger partial charge < -0.3 is 14.3 Å². The molecule has 1 aliphatic rings. The molecule has 0 saturated carbocycles. The molecule has 166 valence electrons. The molecule has 1 aliphatic heterocycles. The first-order valence-electron chi connectivity index (χ1n) is 10.0. The highest BCUT2D eigenvalue weighted by molar-refractivity contribution is 6.33.